The Bertz CT molecular complexity index is 2970. The second kappa shape index (κ2) is 31.8. The van der Waals surface area contributed by atoms with E-state index in [0.717, 1.165) is 33.4 Å². The number of aliphatic hydroxyl groups is 1. The van der Waals surface area contributed by atoms with Crippen LogP contribution in [-0.4, -0.2) is 138 Å². The smallest absolute Gasteiger partial charge is 0.407 e. The Morgan fingerprint density at radius 1 is 0.575 bits per heavy atom. The summed E-state index contributed by atoms with van der Waals surface area (Å²) in [6.07, 6.45) is -8.84. The Morgan fingerprint density at radius 2 is 1.01 bits per heavy atom. The van der Waals surface area contributed by atoms with E-state index in [4.69, 9.17) is 57.5 Å². The molecule has 3 heterocycles. The van der Waals surface area contributed by atoms with Crippen LogP contribution in [0.5, 0.6) is 0 Å². The standard InChI is InChI=1S/C69H87N3O14Si/c1-69(2,3)87(5,6)83-47-58-54(62(78-42-49-27-15-8-16-28-49)60(67(76-4)85-58)71-68(75)82-46-53-35-23-12-24-36-53)37-72-38-55(65(74)81-45-52-33-21-11-22-34-52)61(56(39-72)77-41-48-25-13-7-14-26-48)86-66-59(70)64(80-44-51-31-19-10-20-32-51)63(57(40-73)84-66)79-43-50-29-17-9-18-30-50/h7-36,54-64,66-67,73H,37-47,70H2,1-6H3,(H,71,75)/t54-,55+,56-,57-,58-,59-,60-,61-,62+,63-,64-,66-,67+/m1/s1. The van der Waals surface area contributed by atoms with Crippen molar-refractivity contribution in [2.24, 2.45) is 17.6 Å². The van der Waals surface area contributed by atoms with E-state index in [9.17, 15) is 9.90 Å². The van der Waals surface area contributed by atoms with Crippen molar-refractivity contribution in [2.75, 3.05) is 40.0 Å². The molecular weight excluding hydrogens is 1120 g/mol. The summed E-state index contributed by atoms with van der Waals surface area (Å²) in [4.78, 5) is 31.5. The number of nitrogens with zero attached hydrogens (tertiary/aromatic N) is 1. The van der Waals surface area contributed by atoms with Crippen molar-refractivity contribution in [3.8, 4) is 0 Å². The molecule has 3 aliphatic heterocycles. The molecule has 6 aromatic carbocycles. The summed E-state index contributed by atoms with van der Waals surface area (Å²) in [6, 6.07) is 56.1. The molecule has 3 fully saturated rings. The Morgan fingerprint density at radius 3 is 1.48 bits per heavy atom. The summed E-state index contributed by atoms with van der Waals surface area (Å²) in [6.45, 7) is 12.0. The molecule has 13 atom stereocenters. The lowest BCUT2D eigenvalue weighted by molar-refractivity contribution is -0.310. The SMILES string of the molecule is CO[C@H]1O[C@H](CO[Si](C)(C)C(C)(C)C)[C@@H](CN2C[C@H](C(=O)OCc3ccccc3)[C@@H](O[C@H]3O[C@H](CO)[C@@H](OCc4ccccc4)[C@H](OCc4ccccc4)[C@H]3N)[C@H](OCc3ccccc3)C2)[C@H](OCc2ccccc2)[C@H]1NC(=O)OCc1ccccc1. The third-order valence-corrected chi connectivity index (χ3v) is 21.5. The number of aliphatic hydroxyl groups excluding tert-OH is 1. The first-order valence-electron chi connectivity index (χ1n) is 30.2. The van der Waals surface area contributed by atoms with E-state index in [-0.39, 0.29) is 70.9 Å². The van der Waals surface area contributed by atoms with Gasteiger partial charge in [0.2, 0.25) is 0 Å². The third kappa shape index (κ3) is 18.2. The minimum Gasteiger partial charge on any atom is -0.460 e. The average molecular weight is 1210 g/mol. The molecule has 0 spiro atoms. The van der Waals surface area contributed by atoms with Crippen molar-refractivity contribution >= 4 is 20.4 Å². The quantitative estimate of drug-likeness (QED) is 0.0325. The topological polar surface area (TPSA) is 197 Å². The van der Waals surface area contributed by atoms with Crippen molar-refractivity contribution < 1.29 is 66.5 Å². The van der Waals surface area contributed by atoms with Gasteiger partial charge in [0, 0.05) is 32.7 Å². The fourth-order valence-electron chi connectivity index (χ4n) is 11.1. The molecule has 6 aromatic rings. The number of carbonyl (C=O) groups is 2. The fraction of sp³-hybridized carbons (Fsp3) is 0.449. The number of carbonyl (C=O) groups excluding carboxylic acids is 2. The highest BCUT2D eigenvalue weighted by molar-refractivity contribution is 6.74. The molecule has 18 heteroatoms. The maximum absolute atomic E-state index is 15.3. The lowest BCUT2D eigenvalue weighted by Gasteiger charge is -2.51. The highest BCUT2D eigenvalue weighted by Gasteiger charge is 2.54. The minimum atomic E-state index is -2.41. The fourth-order valence-corrected chi connectivity index (χ4v) is 12.1. The number of nitrogens with two attached hydrogens (primary N) is 1. The summed E-state index contributed by atoms with van der Waals surface area (Å²) >= 11 is 0. The molecular formula is C69H87N3O14Si. The van der Waals surface area contributed by atoms with E-state index in [1.807, 2.05) is 182 Å². The average Bonchev–Trinajstić information content (AvgIpc) is 1.71. The second-order valence-corrected chi connectivity index (χ2v) is 29.0. The molecule has 1 amide bonds. The number of ether oxygens (including phenoxy) is 10. The van der Waals surface area contributed by atoms with E-state index >= 15 is 4.79 Å². The molecule has 466 valence electrons. The largest absolute Gasteiger partial charge is 0.460 e. The molecule has 3 saturated heterocycles. The van der Waals surface area contributed by atoms with Gasteiger partial charge in [-0.15, -0.1) is 0 Å². The molecule has 4 N–H and O–H groups in total. The van der Waals surface area contributed by atoms with Crippen LogP contribution in [0.3, 0.4) is 0 Å². The summed E-state index contributed by atoms with van der Waals surface area (Å²) in [5.74, 6) is -2.11. The molecule has 87 heavy (non-hydrogen) atoms. The maximum Gasteiger partial charge on any atom is 0.407 e. The number of alkyl carbamates (subject to hydrolysis) is 1. The van der Waals surface area contributed by atoms with E-state index < -0.39 is 106 Å². The predicted octanol–water partition coefficient (Wildman–Crippen LogP) is 9.74. The number of rotatable bonds is 27. The first-order valence-corrected chi connectivity index (χ1v) is 33.1. The first kappa shape index (κ1) is 65.2. The monoisotopic (exact) mass is 1210 g/mol. The Balaban J connectivity index is 1.08. The highest BCUT2D eigenvalue weighted by atomic mass is 28.4. The maximum atomic E-state index is 15.3. The van der Waals surface area contributed by atoms with Gasteiger partial charge >= 0.3 is 12.1 Å². The Hall–Kier alpha value is -6.20. The Labute approximate surface area is 513 Å². The second-order valence-electron chi connectivity index (χ2n) is 24.2. The van der Waals surface area contributed by atoms with Crippen molar-refractivity contribution in [3.63, 3.8) is 0 Å². The predicted molar refractivity (Wildman–Crippen MR) is 331 cm³/mol. The van der Waals surface area contributed by atoms with E-state index in [1.54, 1.807) is 7.11 Å². The van der Waals surface area contributed by atoms with E-state index in [2.05, 4.69) is 44.1 Å². The number of esters is 1. The lowest BCUT2D eigenvalue weighted by atomic mass is 9.85. The van der Waals surface area contributed by atoms with Crippen LogP contribution >= 0.6 is 0 Å². The number of nitrogens with one attached hydrogen (secondary N) is 1. The van der Waals surface area contributed by atoms with Gasteiger partial charge in [0.1, 0.15) is 43.7 Å². The van der Waals surface area contributed by atoms with Gasteiger partial charge in [0.15, 0.2) is 20.9 Å². The van der Waals surface area contributed by atoms with Gasteiger partial charge in [-0.1, -0.05) is 203 Å². The number of hydrogen-bond acceptors (Lipinski definition) is 16. The number of amides is 1. The number of methoxy groups -OCH3 is 1. The van der Waals surface area contributed by atoms with Crippen molar-refractivity contribution in [3.05, 3.63) is 215 Å². The van der Waals surface area contributed by atoms with Crippen molar-refractivity contribution in [2.45, 2.75) is 146 Å². The molecule has 9 rings (SSSR count). The van der Waals surface area contributed by atoms with Gasteiger partial charge in [0.05, 0.1) is 69.9 Å². The molecule has 0 bridgehead atoms. The number of benzene rings is 6. The van der Waals surface area contributed by atoms with Crippen LogP contribution in [0.2, 0.25) is 18.1 Å². The first-order chi connectivity index (χ1) is 42.2. The molecule has 0 unspecified atom stereocenters. The molecule has 0 radical (unpaired) electrons. The van der Waals surface area contributed by atoms with Gasteiger partial charge in [-0.25, -0.2) is 4.79 Å². The van der Waals surface area contributed by atoms with Crippen molar-refractivity contribution in [1.29, 1.82) is 0 Å². The molecule has 0 aliphatic carbocycles. The normalized spacial score (nSPS) is 26.2. The van der Waals surface area contributed by atoms with Gasteiger partial charge in [-0.3, -0.25) is 9.69 Å². The van der Waals surface area contributed by atoms with Gasteiger partial charge in [-0.2, -0.15) is 0 Å². The van der Waals surface area contributed by atoms with E-state index in [1.165, 1.54) is 0 Å². The van der Waals surface area contributed by atoms with Crippen LogP contribution in [0.1, 0.15) is 54.2 Å². The van der Waals surface area contributed by atoms with Gasteiger partial charge in [0.25, 0.3) is 0 Å². The molecule has 3 aliphatic rings. The summed E-state index contributed by atoms with van der Waals surface area (Å²) in [5, 5.41) is 14.1. The highest BCUT2D eigenvalue weighted by Crippen LogP contribution is 2.40. The van der Waals surface area contributed by atoms with Crippen LogP contribution in [0.15, 0.2) is 182 Å². The van der Waals surface area contributed by atoms with Crippen molar-refractivity contribution in [1.82, 2.24) is 10.2 Å². The van der Waals surface area contributed by atoms with Crippen LogP contribution in [0.4, 0.5) is 4.79 Å². The van der Waals surface area contributed by atoms with E-state index in [0.29, 0.717) is 0 Å². The van der Waals surface area contributed by atoms with Gasteiger partial charge in [-0.05, 0) is 51.5 Å². The molecule has 0 aromatic heterocycles. The zero-order valence-corrected chi connectivity index (χ0v) is 51.9. The third-order valence-electron chi connectivity index (χ3n) is 17.0. The number of piperidine rings is 1. The number of likely N-dealkylation sites (tertiary alicyclic amines) is 1. The van der Waals surface area contributed by atoms with Crippen LogP contribution in [0.25, 0.3) is 0 Å². The Kier molecular flexibility index (Phi) is 23.9. The van der Waals surface area contributed by atoms with Crippen LogP contribution in [0, 0.1) is 11.8 Å². The van der Waals surface area contributed by atoms with Gasteiger partial charge < -0.3 is 68.0 Å². The summed E-state index contributed by atoms with van der Waals surface area (Å²) in [7, 11) is -0.871. The lowest BCUT2D eigenvalue weighted by Crippen LogP contribution is -2.67. The zero-order chi connectivity index (χ0) is 61.2. The van der Waals surface area contributed by atoms with Crippen LogP contribution in [-0.2, 0) is 96.2 Å². The summed E-state index contributed by atoms with van der Waals surface area (Å²) < 4.78 is 73.6. The van der Waals surface area contributed by atoms with Crippen LogP contribution < -0.4 is 11.1 Å². The summed E-state index contributed by atoms with van der Waals surface area (Å²) in [5.41, 5.74) is 12.6. The molecule has 0 saturated carbocycles. The molecule has 17 nitrogen and oxygen atoms in total. The minimum absolute atomic E-state index is 0.00878. The zero-order valence-electron chi connectivity index (χ0n) is 50.9. The number of hydrogen-bond donors (Lipinski definition) is 3.